The summed E-state index contributed by atoms with van der Waals surface area (Å²) in [6.45, 7) is 0.0475. The summed E-state index contributed by atoms with van der Waals surface area (Å²) in [6, 6.07) is -0.250. The van der Waals surface area contributed by atoms with E-state index in [4.69, 9.17) is 5.73 Å². The van der Waals surface area contributed by atoms with Crippen molar-refractivity contribution in [3.05, 3.63) is 0 Å². The first kappa shape index (κ1) is 8.83. The second-order valence-electron chi connectivity index (χ2n) is 3.04. The topological polar surface area (TPSA) is 75.4 Å². The fourth-order valence-electron chi connectivity index (χ4n) is 0.794. The summed E-state index contributed by atoms with van der Waals surface area (Å²) in [7, 11) is 1.49. The van der Waals surface area contributed by atoms with E-state index in [0.29, 0.717) is 6.04 Å². The van der Waals surface area contributed by atoms with Crippen molar-refractivity contribution in [2.75, 3.05) is 13.6 Å². The molecule has 1 rings (SSSR count). The lowest BCUT2D eigenvalue weighted by atomic mass is 10.5. The molecule has 0 aliphatic heterocycles. The quantitative estimate of drug-likeness (QED) is 0.587. The summed E-state index contributed by atoms with van der Waals surface area (Å²) >= 11 is 0. The Bertz CT molecular complexity index is 201. The summed E-state index contributed by atoms with van der Waals surface area (Å²) in [4.78, 5) is 22.7. The van der Waals surface area contributed by atoms with Gasteiger partial charge in [0.15, 0.2) is 0 Å². The van der Waals surface area contributed by atoms with E-state index in [2.05, 4.69) is 5.32 Å². The third-order valence-electron chi connectivity index (χ3n) is 1.70. The third-order valence-corrected chi connectivity index (χ3v) is 1.70. The van der Waals surface area contributed by atoms with E-state index in [1.54, 1.807) is 0 Å². The van der Waals surface area contributed by atoms with Crippen molar-refractivity contribution < 1.29 is 9.59 Å². The van der Waals surface area contributed by atoms with Gasteiger partial charge in [0.2, 0.25) is 5.91 Å². The highest BCUT2D eigenvalue weighted by atomic mass is 16.2. The predicted octanol–water partition coefficient (Wildman–Crippen LogP) is -0.724. The minimum atomic E-state index is -0.582. The lowest BCUT2D eigenvalue weighted by Gasteiger charge is -2.13. The molecule has 5 heteroatoms. The molecule has 0 atom stereocenters. The second-order valence-corrected chi connectivity index (χ2v) is 3.04. The fourth-order valence-corrected chi connectivity index (χ4v) is 0.794. The number of rotatable bonds is 3. The van der Waals surface area contributed by atoms with Crippen molar-refractivity contribution in [2.24, 2.45) is 5.73 Å². The monoisotopic (exact) mass is 171 g/mol. The second kappa shape index (κ2) is 3.42. The molecule has 1 saturated carbocycles. The Morgan fingerprint density at radius 3 is 2.58 bits per heavy atom. The average molecular weight is 171 g/mol. The standard InChI is InChI=1S/C7H13N3O2/c1-10(7(8)12)4-6(11)9-5-2-3-5/h5H,2-4H2,1H3,(H2,8,12)(H,9,11). The zero-order chi connectivity index (χ0) is 9.14. The van der Waals surface area contributed by atoms with Crippen molar-refractivity contribution in [3.63, 3.8) is 0 Å². The van der Waals surface area contributed by atoms with Gasteiger partial charge in [-0.2, -0.15) is 0 Å². The number of hydrogen-bond donors (Lipinski definition) is 2. The van der Waals surface area contributed by atoms with Crippen LogP contribution < -0.4 is 11.1 Å². The van der Waals surface area contributed by atoms with Crippen LogP contribution in [-0.4, -0.2) is 36.5 Å². The zero-order valence-electron chi connectivity index (χ0n) is 7.04. The minimum absolute atomic E-state index is 0.0475. The minimum Gasteiger partial charge on any atom is -0.352 e. The molecule has 3 N–H and O–H groups in total. The van der Waals surface area contributed by atoms with Crippen LogP contribution in [0.15, 0.2) is 0 Å². The Kier molecular flexibility index (Phi) is 2.52. The zero-order valence-corrected chi connectivity index (χ0v) is 7.04. The smallest absolute Gasteiger partial charge is 0.314 e. The molecule has 12 heavy (non-hydrogen) atoms. The maximum atomic E-state index is 11.0. The number of primary amides is 1. The summed E-state index contributed by atoms with van der Waals surface area (Å²) < 4.78 is 0. The Labute approximate surface area is 70.9 Å². The van der Waals surface area contributed by atoms with E-state index in [9.17, 15) is 9.59 Å². The van der Waals surface area contributed by atoms with Crippen LogP contribution in [0.2, 0.25) is 0 Å². The van der Waals surface area contributed by atoms with Crippen LogP contribution in [0.4, 0.5) is 4.79 Å². The van der Waals surface area contributed by atoms with E-state index in [0.717, 1.165) is 12.8 Å². The van der Waals surface area contributed by atoms with Gasteiger partial charge in [-0.1, -0.05) is 0 Å². The first-order valence-corrected chi connectivity index (χ1v) is 3.89. The van der Waals surface area contributed by atoms with Gasteiger partial charge in [-0.15, -0.1) is 0 Å². The lowest BCUT2D eigenvalue weighted by Crippen LogP contribution is -2.41. The van der Waals surface area contributed by atoms with E-state index in [1.165, 1.54) is 11.9 Å². The third kappa shape index (κ3) is 2.77. The fraction of sp³-hybridized carbons (Fsp3) is 0.714. The molecule has 1 aliphatic rings. The predicted molar refractivity (Wildman–Crippen MR) is 43.4 cm³/mol. The van der Waals surface area contributed by atoms with Crippen LogP contribution in [-0.2, 0) is 4.79 Å². The van der Waals surface area contributed by atoms with Crippen LogP contribution in [0.1, 0.15) is 12.8 Å². The van der Waals surface area contributed by atoms with Gasteiger partial charge in [0.05, 0.1) is 0 Å². The number of carbonyl (C=O) groups is 2. The molecule has 1 fully saturated rings. The molecular formula is C7H13N3O2. The number of amides is 3. The Morgan fingerprint density at radius 2 is 2.17 bits per heavy atom. The van der Waals surface area contributed by atoms with Crippen molar-refractivity contribution in [3.8, 4) is 0 Å². The molecule has 0 heterocycles. The highest BCUT2D eigenvalue weighted by Gasteiger charge is 2.23. The van der Waals surface area contributed by atoms with Crippen molar-refractivity contribution in [2.45, 2.75) is 18.9 Å². The summed E-state index contributed by atoms with van der Waals surface area (Å²) in [5.41, 5.74) is 4.94. The van der Waals surface area contributed by atoms with Crippen molar-refractivity contribution >= 4 is 11.9 Å². The number of nitrogens with one attached hydrogen (secondary N) is 1. The molecule has 0 spiro atoms. The molecule has 1 aliphatic carbocycles. The summed E-state index contributed by atoms with van der Waals surface area (Å²) in [5, 5.41) is 2.75. The van der Waals surface area contributed by atoms with Crippen LogP contribution in [0, 0.1) is 0 Å². The molecule has 0 aromatic carbocycles. The molecule has 5 nitrogen and oxygen atoms in total. The lowest BCUT2D eigenvalue weighted by molar-refractivity contribution is -0.121. The van der Waals surface area contributed by atoms with Gasteiger partial charge >= 0.3 is 6.03 Å². The van der Waals surface area contributed by atoms with Gasteiger partial charge in [0.25, 0.3) is 0 Å². The van der Waals surface area contributed by atoms with Gasteiger partial charge in [-0.05, 0) is 12.8 Å². The number of nitrogens with zero attached hydrogens (tertiary/aromatic N) is 1. The molecule has 68 valence electrons. The summed E-state index contributed by atoms with van der Waals surface area (Å²) in [5.74, 6) is -0.140. The normalized spacial score (nSPS) is 15.4. The average Bonchev–Trinajstić information content (AvgIpc) is 2.71. The van der Waals surface area contributed by atoms with E-state index in [-0.39, 0.29) is 12.5 Å². The van der Waals surface area contributed by atoms with Crippen LogP contribution in [0.5, 0.6) is 0 Å². The molecule has 0 aromatic heterocycles. The summed E-state index contributed by atoms with van der Waals surface area (Å²) in [6.07, 6.45) is 2.10. The van der Waals surface area contributed by atoms with E-state index >= 15 is 0 Å². The number of urea groups is 1. The van der Waals surface area contributed by atoms with Crippen molar-refractivity contribution in [1.82, 2.24) is 10.2 Å². The maximum Gasteiger partial charge on any atom is 0.314 e. The van der Waals surface area contributed by atoms with Gasteiger partial charge in [0, 0.05) is 13.1 Å². The van der Waals surface area contributed by atoms with Crippen LogP contribution in [0.25, 0.3) is 0 Å². The molecule has 0 saturated heterocycles. The molecular weight excluding hydrogens is 158 g/mol. The number of nitrogens with two attached hydrogens (primary N) is 1. The first-order chi connectivity index (χ1) is 5.59. The van der Waals surface area contributed by atoms with Gasteiger partial charge in [0.1, 0.15) is 6.54 Å². The van der Waals surface area contributed by atoms with Crippen molar-refractivity contribution in [1.29, 1.82) is 0 Å². The molecule has 0 radical (unpaired) electrons. The van der Waals surface area contributed by atoms with Gasteiger partial charge in [-0.3, -0.25) is 4.79 Å². The molecule has 0 aromatic rings. The molecule has 3 amide bonds. The number of hydrogen-bond acceptors (Lipinski definition) is 2. The number of carbonyl (C=O) groups excluding carboxylic acids is 2. The Morgan fingerprint density at radius 1 is 1.58 bits per heavy atom. The van der Waals surface area contributed by atoms with E-state index in [1.807, 2.05) is 0 Å². The van der Waals surface area contributed by atoms with Gasteiger partial charge in [-0.25, -0.2) is 4.79 Å². The highest BCUT2D eigenvalue weighted by molar-refractivity contribution is 5.83. The molecule has 0 bridgehead atoms. The highest BCUT2D eigenvalue weighted by Crippen LogP contribution is 2.18. The first-order valence-electron chi connectivity index (χ1n) is 3.89. The largest absolute Gasteiger partial charge is 0.352 e. The maximum absolute atomic E-state index is 11.0. The van der Waals surface area contributed by atoms with Crippen LogP contribution in [0.3, 0.4) is 0 Å². The van der Waals surface area contributed by atoms with E-state index < -0.39 is 6.03 Å². The SMILES string of the molecule is CN(CC(=O)NC1CC1)C(N)=O. The van der Waals surface area contributed by atoms with Gasteiger partial charge < -0.3 is 16.0 Å². The molecule has 0 unspecified atom stereocenters. The number of likely N-dealkylation sites (N-methyl/N-ethyl adjacent to an activating group) is 1. The Hall–Kier alpha value is -1.26. The van der Waals surface area contributed by atoms with Crippen LogP contribution >= 0.6 is 0 Å². The Balaban J connectivity index is 2.19.